The quantitative estimate of drug-likeness (QED) is 0.346. The smallest absolute Gasteiger partial charge is 0.382 e. The predicted octanol–water partition coefficient (Wildman–Crippen LogP) is 2.10. The molecule has 5 nitrogen and oxygen atoms in total. The van der Waals surface area contributed by atoms with Crippen LogP contribution in [0, 0.1) is 10.8 Å². The van der Waals surface area contributed by atoms with E-state index in [2.05, 4.69) is 4.74 Å². The summed E-state index contributed by atoms with van der Waals surface area (Å²) in [7, 11) is 0. The van der Waals surface area contributed by atoms with Crippen LogP contribution in [0.5, 0.6) is 0 Å². The van der Waals surface area contributed by atoms with Crippen molar-refractivity contribution in [3.05, 3.63) is 0 Å². The van der Waals surface area contributed by atoms with E-state index in [1.165, 1.54) is 0 Å². The fraction of sp³-hybridized carbons (Fsp3) is 0.786. The maximum absolute atomic E-state index is 11.4. The number of Topliss-reactive ketones (excluding diaryl/α,β-unsaturated/α-hetero) is 1. The topological polar surface area (TPSA) is 80.7 Å². The minimum atomic E-state index is -1.08. The van der Waals surface area contributed by atoms with Gasteiger partial charge >= 0.3 is 11.9 Å². The van der Waals surface area contributed by atoms with Crippen LogP contribution >= 0.6 is 0 Å². The molecule has 0 aromatic heterocycles. The average molecular weight is 322 g/mol. The molecule has 0 saturated carbocycles. The van der Waals surface area contributed by atoms with Gasteiger partial charge in [-0.2, -0.15) is 0 Å². The van der Waals surface area contributed by atoms with Crippen LogP contribution in [0.15, 0.2) is 0 Å². The summed E-state index contributed by atoms with van der Waals surface area (Å²) in [4.78, 5) is 34.0. The minimum Gasteiger partial charge on any atom is -0.394 e. The van der Waals surface area contributed by atoms with Gasteiger partial charge in [-0.25, -0.2) is 4.79 Å². The summed E-state index contributed by atoms with van der Waals surface area (Å²) in [6.07, 6.45) is -0.167. The molecule has 0 radical (unpaired) electrons. The molecule has 0 unspecified atom stereocenters. The van der Waals surface area contributed by atoms with Crippen molar-refractivity contribution in [2.24, 2.45) is 10.8 Å². The Kier molecular flexibility index (Phi) is 11.5. The number of esters is 2. The number of carbonyl (C=O) groups excluding carboxylic acids is 3. The van der Waals surface area contributed by atoms with Crippen LogP contribution in [0.4, 0.5) is 0 Å². The number of aliphatic hydroxyl groups excluding tert-OH is 1. The second kappa shape index (κ2) is 9.43. The first-order valence-electron chi connectivity index (χ1n) is 6.18. The molecule has 116 valence electrons. The van der Waals surface area contributed by atoms with Gasteiger partial charge in [0.1, 0.15) is 0 Å². The molecule has 0 aliphatic heterocycles. The van der Waals surface area contributed by atoms with Crippen LogP contribution in [0.2, 0.25) is 0 Å². The van der Waals surface area contributed by atoms with Crippen molar-refractivity contribution in [1.29, 1.82) is 0 Å². The third-order valence-corrected chi connectivity index (χ3v) is 1.66. The van der Waals surface area contributed by atoms with E-state index in [4.69, 9.17) is 5.11 Å². The van der Waals surface area contributed by atoms with Crippen LogP contribution in [-0.4, -0.2) is 28.9 Å². The van der Waals surface area contributed by atoms with Crippen molar-refractivity contribution in [2.45, 2.75) is 61.5 Å². The van der Waals surface area contributed by atoms with E-state index < -0.39 is 28.6 Å². The number of hydrogen-bond acceptors (Lipinski definition) is 5. The molecule has 0 atom stereocenters. The fourth-order valence-corrected chi connectivity index (χ4v) is 0.590. The zero-order valence-electron chi connectivity index (χ0n) is 13.7. The molecule has 0 amide bonds. The molecule has 0 rings (SSSR count). The fourth-order valence-electron chi connectivity index (χ4n) is 0.590. The van der Waals surface area contributed by atoms with E-state index in [1.54, 1.807) is 55.4 Å². The Labute approximate surface area is 136 Å². The predicted molar refractivity (Wildman–Crippen MR) is 72.4 cm³/mol. The van der Waals surface area contributed by atoms with Crippen molar-refractivity contribution < 1.29 is 45.9 Å². The van der Waals surface area contributed by atoms with E-state index in [0.29, 0.717) is 0 Å². The van der Waals surface area contributed by atoms with Crippen molar-refractivity contribution in [1.82, 2.24) is 0 Å². The first-order chi connectivity index (χ1) is 8.19. The van der Waals surface area contributed by atoms with Gasteiger partial charge in [-0.15, -0.1) is 0 Å². The van der Waals surface area contributed by atoms with Crippen LogP contribution in [0.1, 0.15) is 55.4 Å². The Hall–Kier alpha value is -0.516. The summed E-state index contributed by atoms with van der Waals surface area (Å²) in [6, 6.07) is 0. The van der Waals surface area contributed by atoms with Crippen molar-refractivity contribution >= 4 is 17.7 Å². The van der Waals surface area contributed by atoms with E-state index >= 15 is 0 Å². The van der Waals surface area contributed by atoms with Crippen molar-refractivity contribution in [2.75, 3.05) is 0 Å². The van der Waals surface area contributed by atoms with Gasteiger partial charge < -0.3 is 9.84 Å². The molecule has 0 aliphatic rings. The van der Waals surface area contributed by atoms with E-state index in [-0.39, 0.29) is 27.8 Å². The number of rotatable bonds is 1. The summed E-state index contributed by atoms with van der Waals surface area (Å²) in [5.41, 5.74) is -1.61. The number of aliphatic hydroxyl groups is 1. The van der Waals surface area contributed by atoms with Gasteiger partial charge in [0, 0.05) is 33.2 Å². The van der Waals surface area contributed by atoms with Crippen LogP contribution in [-0.2, 0) is 40.8 Å². The second-order valence-corrected chi connectivity index (χ2v) is 6.60. The van der Waals surface area contributed by atoms with E-state index in [9.17, 15) is 14.4 Å². The number of hydrogen-bond donors (Lipinski definition) is 1. The zero-order valence-corrected chi connectivity index (χ0v) is 15.2. The molecule has 0 aromatic carbocycles. The maximum Gasteiger partial charge on any atom is 0.382 e. The van der Waals surface area contributed by atoms with Gasteiger partial charge in [0.05, 0.1) is 5.41 Å². The molecule has 0 bridgehead atoms. The molecule has 0 saturated heterocycles. The van der Waals surface area contributed by atoms with Crippen LogP contribution in [0.3, 0.4) is 0 Å². The maximum atomic E-state index is 11.4. The SMILES string of the molecule is CC(C)(C)C(=O)OC(=O)C(=O)C(C)(C)C.CC(C)O.[Ti]. The molecule has 0 spiro atoms. The van der Waals surface area contributed by atoms with Gasteiger partial charge in [0.25, 0.3) is 0 Å². The van der Waals surface area contributed by atoms with Gasteiger partial charge in [0.15, 0.2) is 0 Å². The zero-order chi connectivity index (χ0) is 16.0. The van der Waals surface area contributed by atoms with E-state index in [0.717, 1.165) is 0 Å². The van der Waals surface area contributed by atoms with Gasteiger partial charge in [-0.05, 0) is 34.6 Å². The standard InChI is InChI=1S/C11H18O4.C3H8O.Ti/c1-10(2,3)7(12)8(13)15-9(14)11(4,5)6;1-3(2)4;/h1-6H3;3-4H,1-2H3;. The monoisotopic (exact) mass is 322 g/mol. The first-order valence-corrected chi connectivity index (χ1v) is 6.18. The normalized spacial score (nSPS) is 10.9. The van der Waals surface area contributed by atoms with E-state index in [1.807, 2.05) is 0 Å². The Bertz CT molecular complexity index is 332. The second-order valence-electron chi connectivity index (χ2n) is 6.60. The Morgan fingerprint density at radius 2 is 1.20 bits per heavy atom. The molecule has 1 N–H and O–H groups in total. The first kappa shape index (κ1) is 24.5. The van der Waals surface area contributed by atoms with Gasteiger partial charge in [-0.3, -0.25) is 9.59 Å². The average Bonchev–Trinajstić information content (AvgIpc) is 2.12. The van der Waals surface area contributed by atoms with Crippen molar-refractivity contribution in [3.63, 3.8) is 0 Å². The Morgan fingerprint density at radius 3 is 1.40 bits per heavy atom. The van der Waals surface area contributed by atoms with Gasteiger partial charge in [-0.1, -0.05) is 20.8 Å². The molecule has 0 aromatic rings. The third kappa shape index (κ3) is 12.5. The summed E-state index contributed by atoms with van der Waals surface area (Å²) in [5, 5.41) is 8.06. The molecule has 0 heterocycles. The largest absolute Gasteiger partial charge is 0.394 e. The molecule has 0 fully saturated rings. The summed E-state index contributed by atoms with van der Waals surface area (Å²) in [5.74, 6) is -2.47. The van der Waals surface area contributed by atoms with Crippen LogP contribution in [0.25, 0.3) is 0 Å². The van der Waals surface area contributed by atoms with Crippen LogP contribution < -0.4 is 0 Å². The molecule has 20 heavy (non-hydrogen) atoms. The summed E-state index contributed by atoms with van der Waals surface area (Å²) >= 11 is 0. The molecular weight excluding hydrogens is 296 g/mol. The Balaban J connectivity index is -0.000000508. The van der Waals surface area contributed by atoms with Gasteiger partial charge in [0.2, 0.25) is 5.78 Å². The Morgan fingerprint density at radius 1 is 0.900 bits per heavy atom. The van der Waals surface area contributed by atoms with Crippen molar-refractivity contribution in [3.8, 4) is 0 Å². The number of carbonyl (C=O) groups is 3. The molecule has 6 heteroatoms. The summed E-state index contributed by atoms with van der Waals surface area (Å²) in [6.45, 7) is 13.1. The summed E-state index contributed by atoms with van der Waals surface area (Å²) < 4.78 is 4.48. The number of ketones is 1. The molecular formula is C14H26O5Ti. The molecule has 0 aliphatic carbocycles. The minimum absolute atomic E-state index is 0. The third-order valence-electron chi connectivity index (χ3n) is 1.66. The number of ether oxygens (including phenoxy) is 1.